The van der Waals surface area contributed by atoms with Crippen molar-refractivity contribution < 1.29 is 30.6 Å². The van der Waals surface area contributed by atoms with Crippen molar-refractivity contribution in [1.29, 1.82) is 0 Å². The monoisotopic (exact) mass is 265 g/mol. The molecule has 0 spiro atoms. The summed E-state index contributed by atoms with van der Waals surface area (Å²) in [5, 5.41) is 59.9. The van der Waals surface area contributed by atoms with Crippen LogP contribution in [0.3, 0.4) is 0 Å². The van der Waals surface area contributed by atoms with Gasteiger partial charge >= 0.3 is 0 Å². The van der Waals surface area contributed by atoms with Crippen LogP contribution in [0.1, 0.15) is 13.3 Å². The van der Waals surface area contributed by atoms with E-state index in [2.05, 4.69) is 5.32 Å². The maximum Gasteiger partial charge on any atom is 0.0956 e. The number of hydrogen-bond donors (Lipinski definition) is 7. The Morgan fingerprint density at radius 2 is 1.72 bits per heavy atom. The second-order valence-corrected chi connectivity index (χ2v) is 5.07. The van der Waals surface area contributed by atoms with Crippen LogP contribution < -0.4 is 5.32 Å². The molecule has 0 aromatic carbocycles. The van der Waals surface area contributed by atoms with Crippen molar-refractivity contribution in [3.8, 4) is 0 Å². The van der Waals surface area contributed by atoms with Crippen molar-refractivity contribution in [3.05, 3.63) is 0 Å². The molecule has 5 atom stereocenters. The number of nitrogens with one attached hydrogen (secondary N) is 1. The lowest BCUT2D eigenvalue weighted by Crippen LogP contribution is -2.65. The fourth-order valence-corrected chi connectivity index (χ4v) is 2.37. The van der Waals surface area contributed by atoms with Crippen LogP contribution in [0.15, 0.2) is 0 Å². The van der Waals surface area contributed by atoms with Crippen molar-refractivity contribution in [1.82, 2.24) is 5.32 Å². The minimum Gasteiger partial charge on any atom is -0.395 e. The first-order chi connectivity index (χ1) is 8.39. The van der Waals surface area contributed by atoms with Crippen LogP contribution in [0.4, 0.5) is 0 Å². The van der Waals surface area contributed by atoms with Crippen molar-refractivity contribution >= 4 is 0 Å². The van der Waals surface area contributed by atoms with E-state index in [0.29, 0.717) is 0 Å². The van der Waals surface area contributed by atoms with Crippen LogP contribution in [0, 0.1) is 5.92 Å². The molecule has 0 aliphatic heterocycles. The number of rotatable bonds is 5. The largest absolute Gasteiger partial charge is 0.395 e. The van der Waals surface area contributed by atoms with E-state index in [1.807, 2.05) is 0 Å². The maximum absolute atomic E-state index is 10.2. The topological polar surface area (TPSA) is 133 Å². The summed E-state index contributed by atoms with van der Waals surface area (Å²) in [6.45, 7) is 0.362. The zero-order chi connectivity index (χ0) is 13.9. The second-order valence-electron chi connectivity index (χ2n) is 5.07. The Kier molecular flexibility index (Phi) is 5.47. The number of aliphatic hydroxyl groups is 6. The molecule has 7 nitrogen and oxygen atoms in total. The van der Waals surface area contributed by atoms with E-state index in [4.69, 9.17) is 10.2 Å². The fourth-order valence-electron chi connectivity index (χ4n) is 2.37. The van der Waals surface area contributed by atoms with Crippen LogP contribution in [0.5, 0.6) is 0 Å². The Balaban J connectivity index is 2.79. The first kappa shape index (κ1) is 15.8. The highest BCUT2D eigenvalue weighted by Gasteiger charge is 2.49. The lowest BCUT2D eigenvalue weighted by atomic mass is 9.71. The summed E-state index contributed by atoms with van der Waals surface area (Å²) in [7, 11) is 0. The second kappa shape index (κ2) is 6.25. The van der Waals surface area contributed by atoms with Crippen LogP contribution >= 0.6 is 0 Å². The SMILES string of the molecule is CC1C(O)C(O)C(NC(CO)CO)CC1(O)CO. The van der Waals surface area contributed by atoms with Crippen molar-refractivity contribution in [3.63, 3.8) is 0 Å². The normalized spacial score (nSPS) is 41.3. The molecule has 108 valence electrons. The number of aliphatic hydroxyl groups excluding tert-OH is 5. The molecule has 0 aromatic heterocycles. The molecule has 0 aromatic rings. The van der Waals surface area contributed by atoms with E-state index in [1.54, 1.807) is 6.92 Å². The molecule has 1 rings (SSSR count). The number of hydrogen-bond acceptors (Lipinski definition) is 7. The highest BCUT2D eigenvalue weighted by molar-refractivity contribution is 5.03. The van der Waals surface area contributed by atoms with E-state index < -0.39 is 42.4 Å². The lowest BCUT2D eigenvalue weighted by molar-refractivity contribution is -0.172. The summed E-state index contributed by atoms with van der Waals surface area (Å²) >= 11 is 0. The molecule has 7 heteroatoms. The molecule has 0 radical (unpaired) electrons. The zero-order valence-electron chi connectivity index (χ0n) is 10.4. The van der Waals surface area contributed by atoms with Gasteiger partial charge in [0, 0.05) is 12.0 Å². The van der Waals surface area contributed by atoms with Crippen molar-refractivity contribution in [2.45, 2.75) is 43.2 Å². The standard InChI is InChI=1S/C11H23NO6/c1-6-9(16)10(17)8(2-11(6,18)5-15)12-7(3-13)4-14/h6-10,12-18H,2-5H2,1H3. The molecule has 5 unspecified atom stereocenters. The van der Waals surface area contributed by atoms with Crippen LogP contribution in [-0.2, 0) is 0 Å². The Morgan fingerprint density at radius 3 is 2.17 bits per heavy atom. The molecule has 7 N–H and O–H groups in total. The Morgan fingerprint density at radius 1 is 1.17 bits per heavy atom. The average Bonchev–Trinajstić information content (AvgIpc) is 2.39. The van der Waals surface area contributed by atoms with Gasteiger partial charge in [-0.3, -0.25) is 0 Å². The van der Waals surface area contributed by atoms with E-state index in [-0.39, 0.29) is 19.6 Å². The van der Waals surface area contributed by atoms with E-state index in [9.17, 15) is 20.4 Å². The molecule has 1 aliphatic carbocycles. The van der Waals surface area contributed by atoms with Gasteiger partial charge in [-0.1, -0.05) is 6.92 Å². The molecule has 18 heavy (non-hydrogen) atoms. The van der Waals surface area contributed by atoms with Crippen LogP contribution in [0.25, 0.3) is 0 Å². The van der Waals surface area contributed by atoms with Gasteiger partial charge in [-0.15, -0.1) is 0 Å². The molecule has 0 amide bonds. The minimum absolute atomic E-state index is 0.0272. The molecule has 0 bridgehead atoms. The molecule has 1 fully saturated rings. The third-order valence-electron chi connectivity index (χ3n) is 3.86. The lowest BCUT2D eigenvalue weighted by Gasteiger charge is -2.47. The molecule has 0 saturated heterocycles. The summed E-state index contributed by atoms with van der Waals surface area (Å²) in [6, 6.07) is -1.36. The highest BCUT2D eigenvalue weighted by Crippen LogP contribution is 2.34. The smallest absolute Gasteiger partial charge is 0.0956 e. The highest BCUT2D eigenvalue weighted by atomic mass is 16.4. The molecule has 0 heterocycles. The predicted molar refractivity (Wildman–Crippen MR) is 62.7 cm³/mol. The molecule has 1 aliphatic rings. The molecular formula is C11H23NO6. The van der Waals surface area contributed by atoms with Gasteiger partial charge in [-0.25, -0.2) is 0 Å². The van der Waals surface area contributed by atoms with Gasteiger partial charge in [0.2, 0.25) is 0 Å². The van der Waals surface area contributed by atoms with E-state index >= 15 is 0 Å². The minimum atomic E-state index is -1.49. The maximum atomic E-state index is 10.2. The fraction of sp³-hybridized carbons (Fsp3) is 1.00. The van der Waals surface area contributed by atoms with Gasteiger partial charge in [0.1, 0.15) is 0 Å². The summed E-state index contributed by atoms with van der Waals surface area (Å²) < 4.78 is 0. The average molecular weight is 265 g/mol. The van der Waals surface area contributed by atoms with Gasteiger partial charge < -0.3 is 36.0 Å². The zero-order valence-corrected chi connectivity index (χ0v) is 10.4. The summed E-state index contributed by atoms with van der Waals surface area (Å²) in [5.41, 5.74) is -1.49. The Labute approximate surface area is 106 Å². The van der Waals surface area contributed by atoms with Crippen molar-refractivity contribution in [2.24, 2.45) is 5.92 Å². The molecular weight excluding hydrogens is 242 g/mol. The first-order valence-electron chi connectivity index (χ1n) is 6.06. The summed E-state index contributed by atoms with van der Waals surface area (Å²) in [4.78, 5) is 0. The van der Waals surface area contributed by atoms with Gasteiger partial charge in [0.15, 0.2) is 0 Å². The van der Waals surface area contributed by atoms with Crippen LogP contribution in [-0.4, -0.2) is 80.4 Å². The van der Waals surface area contributed by atoms with E-state index in [0.717, 1.165) is 0 Å². The summed E-state index contributed by atoms with van der Waals surface area (Å²) in [5.74, 6) is -0.669. The molecule has 1 saturated carbocycles. The third-order valence-corrected chi connectivity index (χ3v) is 3.86. The predicted octanol–water partition coefficient (Wildman–Crippen LogP) is -3.22. The van der Waals surface area contributed by atoms with Crippen LogP contribution in [0.2, 0.25) is 0 Å². The Hall–Kier alpha value is -0.280. The van der Waals surface area contributed by atoms with Gasteiger partial charge in [0.25, 0.3) is 0 Å². The Bertz CT molecular complexity index is 262. The summed E-state index contributed by atoms with van der Waals surface area (Å²) in [6.07, 6.45) is -2.29. The third kappa shape index (κ3) is 3.00. The van der Waals surface area contributed by atoms with E-state index in [1.165, 1.54) is 0 Å². The first-order valence-corrected chi connectivity index (χ1v) is 6.06. The quantitative estimate of drug-likeness (QED) is 0.278. The van der Waals surface area contributed by atoms with Gasteiger partial charge in [-0.05, 0) is 6.42 Å². The van der Waals surface area contributed by atoms with Gasteiger partial charge in [0.05, 0.1) is 43.7 Å². The van der Waals surface area contributed by atoms with Crippen molar-refractivity contribution in [2.75, 3.05) is 19.8 Å². The van der Waals surface area contributed by atoms with Gasteiger partial charge in [-0.2, -0.15) is 0 Å².